The Morgan fingerprint density at radius 2 is 2.13 bits per heavy atom. The van der Waals surface area contributed by atoms with E-state index in [0.29, 0.717) is 12.2 Å². The molecular formula is C12H15FO2. The highest BCUT2D eigenvalue weighted by Gasteiger charge is 2.07. The van der Waals surface area contributed by atoms with Crippen molar-refractivity contribution in [3.05, 3.63) is 35.6 Å². The van der Waals surface area contributed by atoms with Crippen LogP contribution in [0.1, 0.15) is 18.9 Å². The summed E-state index contributed by atoms with van der Waals surface area (Å²) < 4.78 is 18.2. The van der Waals surface area contributed by atoms with E-state index < -0.39 is 0 Å². The van der Waals surface area contributed by atoms with Gasteiger partial charge < -0.3 is 4.74 Å². The Kier molecular flexibility index (Phi) is 4.98. The molecule has 3 heteroatoms. The van der Waals surface area contributed by atoms with Crippen LogP contribution in [-0.2, 0) is 16.0 Å². The van der Waals surface area contributed by atoms with Crippen LogP contribution < -0.4 is 0 Å². The smallest absolute Gasteiger partial charge is 0.162 e. The van der Waals surface area contributed by atoms with E-state index in [1.807, 2.05) is 6.92 Å². The van der Waals surface area contributed by atoms with Gasteiger partial charge in [-0.3, -0.25) is 4.79 Å². The van der Waals surface area contributed by atoms with Crippen molar-refractivity contribution in [2.24, 2.45) is 0 Å². The number of hydrogen-bond acceptors (Lipinski definition) is 2. The summed E-state index contributed by atoms with van der Waals surface area (Å²) in [5.74, 6) is -0.421. The molecule has 0 bridgehead atoms. The molecule has 0 amide bonds. The van der Waals surface area contributed by atoms with E-state index in [1.165, 1.54) is 6.07 Å². The molecular weight excluding hydrogens is 195 g/mol. The average Bonchev–Trinajstić information content (AvgIpc) is 2.22. The zero-order valence-corrected chi connectivity index (χ0v) is 8.83. The van der Waals surface area contributed by atoms with Crippen LogP contribution in [0.2, 0.25) is 0 Å². The number of ether oxygens (including phenoxy) is 1. The van der Waals surface area contributed by atoms with Gasteiger partial charge in [0.05, 0.1) is 0 Å². The fraction of sp³-hybridized carbons (Fsp3) is 0.417. The lowest BCUT2D eigenvalue weighted by molar-refractivity contribution is -0.122. The molecule has 0 radical (unpaired) electrons. The standard InChI is InChI=1S/C12H15FO2/c1-2-7-15-9-11(14)8-10-5-3-4-6-12(10)13/h3-6H,2,7-9H2,1H3. The SMILES string of the molecule is CCCOCC(=O)Cc1ccccc1F. The summed E-state index contributed by atoms with van der Waals surface area (Å²) in [4.78, 5) is 11.3. The molecule has 0 fully saturated rings. The first-order chi connectivity index (χ1) is 7.24. The van der Waals surface area contributed by atoms with Gasteiger partial charge >= 0.3 is 0 Å². The van der Waals surface area contributed by atoms with E-state index in [4.69, 9.17) is 4.74 Å². The fourth-order valence-corrected chi connectivity index (χ4v) is 1.24. The Morgan fingerprint density at radius 3 is 2.80 bits per heavy atom. The predicted molar refractivity (Wildman–Crippen MR) is 56.2 cm³/mol. The maximum atomic E-state index is 13.1. The number of rotatable bonds is 6. The number of hydrogen-bond donors (Lipinski definition) is 0. The van der Waals surface area contributed by atoms with Gasteiger partial charge in [-0.1, -0.05) is 25.1 Å². The van der Waals surface area contributed by atoms with Gasteiger partial charge in [0.25, 0.3) is 0 Å². The molecule has 1 aromatic rings. The molecule has 0 saturated heterocycles. The Hall–Kier alpha value is -1.22. The highest BCUT2D eigenvalue weighted by atomic mass is 19.1. The van der Waals surface area contributed by atoms with Crippen molar-refractivity contribution < 1.29 is 13.9 Å². The second-order valence-corrected chi connectivity index (χ2v) is 3.36. The van der Waals surface area contributed by atoms with Crippen molar-refractivity contribution in [1.82, 2.24) is 0 Å². The summed E-state index contributed by atoms with van der Waals surface area (Å²) in [6, 6.07) is 6.30. The number of carbonyl (C=O) groups excluding carboxylic acids is 1. The molecule has 0 aliphatic carbocycles. The molecule has 0 aliphatic rings. The first kappa shape index (κ1) is 11.9. The summed E-state index contributed by atoms with van der Waals surface area (Å²) in [6.45, 7) is 2.62. The van der Waals surface area contributed by atoms with Gasteiger partial charge in [0.1, 0.15) is 12.4 Å². The van der Waals surface area contributed by atoms with Gasteiger partial charge in [-0.05, 0) is 18.1 Å². The Balaban J connectivity index is 2.41. The van der Waals surface area contributed by atoms with E-state index >= 15 is 0 Å². The van der Waals surface area contributed by atoms with Crippen molar-refractivity contribution in [2.45, 2.75) is 19.8 Å². The van der Waals surface area contributed by atoms with E-state index in [9.17, 15) is 9.18 Å². The van der Waals surface area contributed by atoms with Crippen LogP contribution in [-0.4, -0.2) is 19.0 Å². The van der Waals surface area contributed by atoms with Crippen molar-refractivity contribution in [3.63, 3.8) is 0 Å². The average molecular weight is 210 g/mol. The second-order valence-electron chi connectivity index (χ2n) is 3.36. The third kappa shape index (κ3) is 4.21. The summed E-state index contributed by atoms with van der Waals surface area (Å²) in [6.07, 6.45) is 0.989. The van der Waals surface area contributed by atoms with Crippen LogP contribution in [0, 0.1) is 5.82 Å². The number of Topliss-reactive ketones (excluding diaryl/α,β-unsaturated/α-hetero) is 1. The molecule has 1 aromatic carbocycles. The quantitative estimate of drug-likeness (QED) is 0.674. The van der Waals surface area contributed by atoms with Crippen molar-refractivity contribution in [2.75, 3.05) is 13.2 Å². The largest absolute Gasteiger partial charge is 0.374 e. The minimum absolute atomic E-state index is 0.0716. The van der Waals surface area contributed by atoms with Crippen LogP contribution in [0.15, 0.2) is 24.3 Å². The zero-order chi connectivity index (χ0) is 11.1. The monoisotopic (exact) mass is 210 g/mol. The molecule has 1 rings (SSSR count). The zero-order valence-electron chi connectivity index (χ0n) is 8.83. The highest BCUT2D eigenvalue weighted by molar-refractivity contribution is 5.82. The third-order valence-electron chi connectivity index (χ3n) is 1.96. The first-order valence-electron chi connectivity index (χ1n) is 5.07. The molecule has 0 unspecified atom stereocenters. The predicted octanol–water partition coefficient (Wildman–Crippen LogP) is 2.36. The molecule has 82 valence electrons. The molecule has 0 atom stereocenters. The first-order valence-corrected chi connectivity index (χ1v) is 5.07. The van der Waals surface area contributed by atoms with Crippen molar-refractivity contribution in [1.29, 1.82) is 0 Å². The van der Waals surface area contributed by atoms with Gasteiger partial charge in [-0.2, -0.15) is 0 Å². The topological polar surface area (TPSA) is 26.3 Å². The van der Waals surface area contributed by atoms with Gasteiger partial charge in [0.15, 0.2) is 5.78 Å². The van der Waals surface area contributed by atoms with Crippen LogP contribution in [0.3, 0.4) is 0 Å². The molecule has 2 nitrogen and oxygen atoms in total. The van der Waals surface area contributed by atoms with Crippen LogP contribution in [0.4, 0.5) is 4.39 Å². The second kappa shape index (κ2) is 6.30. The third-order valence-corrected chi connectivity index (χ3v) is 1.96. The van der Waals surface area contributed by atoms with Crippen LogP contribution in [0.25, 0.3) is 0 Å². The number of ketones is 1. The maximum Gasteiger partial charge on any atom is 0.162 e. The molecule has 0 aliphatic heterocycles. The minimum atomic E-state index is -0.332. The summed E-state index contributed by atoms with van der Waals surface area (Å²) >= 11 is 0. The molecule has 15 heavy (non-hydrogen) atoms. The molecule has 0 spiro atoms. The van der Waals surface area contributed by atoms with Gasteiger partial charge in [-0.25, -0.2) is 4.39 Å². The number of halogens is 1. The van der Waals surface area contributed by atoms with E-state index in [2.05, 4.69) is 0 Å². The Morgan fingerprint density at radius 1 is 1.40 bits per heavy atom. The van der Waals surface area contributed by atoms with E-state index in [0.717, 1.165) is 6.42 Å². The number of benzene rings is 1. The lowest BCUT2D eigenvalue weighted by atomic mass is 10.1. The minimum Gasteiger partial charge on any atom is -0.374 e. The molecule has 0 aromatic heterocycles. The normalized spacial score (nSPS) is 10.3. The fourth-order valence-electron chi connectivity index (χ4n) is 1.24. The van der Waals surface area contributed by atoms with E-state index in [1.54, 1.807) is 18.2 Å². The summed E-state index contributed by atoms with van der Waals surface area (Å²) in [7, 11) is 0. The Bertz CT molecular complexity index is 323. The van der Waals surface area contributed by atoms with Gasteiger partial charge in [-0.15, -0.1) is 0 Å². The number of carbonyl (C=O) groups is 1. The van der Waals surface area contributed by atoms with Gasteiger partial charge in [0.2, 0.25) is 0 Å². The lowest BCUT2D eigenvalue weighted by Gasteiger charge is -2.03. The highest BCUT2D eigenvalue weighted by Crippen LogP contribution is 2.07. The summed E-state index contributed by atoms with van der Waals surface area (Å²) in [5.41, 5.74) is 0.433. The van der Waals surface area contributed by atoms with E-state index in [-0.39, 0.29) is 24.6 Å². The molecule has 0 saturated carbocycles. The maximum absolute atomic E-state index is 13.1. The van der Waals surface area contributed by atoms with Gasteiger partial charge in [0, 0.05) is 13.0 Å². The van der Waals surface area contributed by atoms with Crippen molar-refractivity contribution in [3.8, 4) is 0 Å². The molecule has 0 N–H and O–H groups in total. The Labute approximate surface area is 89.1 Å². The molecule has 0 heterocycles. The lowest BCUT2D eigenvalue weighted by Crippen LogP contribution is -2.12. The summed E-state index contributed by atoms with van der Waals surface area (Å²) in [5, 5.41) is 0. The van der Waals surface area contributed by atoms with Crippen LogP contribution >= 0.6 is 0 Å². The van der Waals surface area contributed by atoms with Crippen molar-refractivity contribution >= 4 is 5.78 Å². The van der Waals surface area contributed by atoms with Crippen LogP contribution in [0.5, 0.6) is 0 Å².